The number of hydrogen-bond donors (Lipinski definition) is 2. The first-order valence-corrected chi connectivity index (χ1v) is 12.7. The van der Waals surface area contributed by atoms with Crippen LogP contribution in [0.25, 0.3) is 0 Å². The fourth-order valence-electron chi connectivity index (χ4n) is 8.63. The summed E-state index contributed by atoms with van der Waals surface area (Å²) in [6.45, 7) is 11.2. The van der Waals surface area contributed by atoms with Crippen molar-refractivity contribution in [1.82, 2.24) is 5.32 Å². The van der Waals surface area contributed by atoms with E-state index < -0.39 is 0 Å². The summed E-state index contributed by atoms with van der Waals surface area (Å²) in [7, 11) is 0. The van der Waals surface area contributed by atoms with Gasteiger partial charge in [-0.1, -0.05) is 31.2 Å². The van der Waals surface area contributed by atoms with Gasteiger partial charge in [0, 0.05) is 42.7 Å². The van der Waals surface area contributed by atoms with Crippen molar-refractivity contribution in [3.8, 4) is 0 Å². The van der Waals surface area contributed by atoms with Crippen LogP contribution >= 0.6 is 0 Å². The van der Waals surface area contributed by atoms with Crippen molar-refractivity contribution in [3.63, 3.8) is 0 Å². The molecule has 4 saturated carbocycles. The largest absolute Gasteiger partial charge is 0.396 e. The highest BCUT2D eigenvalue weighted by Gasteiger charge is 2.63. The Balaban J connectivity index is 1.45. The summed E-state index contributed by atoms with van der Waals surface area (Å²) in [4.78, 5) is 18.7. The maximum Gasteiger partial charge on any atom is 0.141 e. The number of Topliss-reactive ketones (excluding diaryl/α,β-unsaturated/α-hetero) is 1. The standard InChI is InChI=1S/C26H40N2O3/c1-4-18-22(28-31-17-9-12-27-14-17)8-11-26(15-29)21-7-10-25(3)20(5-6-23(25)30)19(21)13-16(2)24(18)26/h17-21,24,27,29H,2,4-15H2,1,3H3/t17?,18-,19?,20?,21?,24?,25-,26-/m0/s1. The maximum atomic E-state index is 12.7. The Hall–Kier alpha value is -1.20. The van der Waals surface area contributed by atoms with Crippen LogP contribution in [-0.2, 0) is 9.63 Å². The van der Waals surface area contributed by atoms with Crippen LogP contribution in [0.3, 0.4) is 0 Å². The molecule has 4 aliphatic carbocycles. The number of carbonyl (C=O) groups is 1. The zero-order valence-electron chi connectivity index (χ0n) is 19.4. The predicted molar refractivity (Wildman–Crippen MR) is 122 cm³/mol. The molecule has 5 heteroatoms. The number of rotatable bonds is 4. The average molecular weight is 429 g/mol. The number of allylic oxidation sites excluding steroid dienone is 1. The first-order valence-electron chi connectivity index (χ1n) is 12.7. The third-order valence-electron chi connectivity index (χ3n) is 10.2. The third kappa shape index (κ3) is 3.17. The number of carbonyl (C=O) groups excluding carboxylic acids is 1. The number of ketones is 1. The molecule has 1 saturated heterocycles. The topological polar surface area (TPSA) is 70.9 Å². The minimum Gasteiger partial charge on any atom is -0.396 e. The number of nitrogens with zero attached hydrogens (tertiary/aromatic N) is 1. The van der Waals surface area contributed by atoms with Gasteiger partial charge in [-0.25, -0.2) is 0 Å². The fraction of sp³-hybridized carbons (Fsp3) is 0.846. The van der Waals surface area contributed by atoms with Gasteiger partial charge in [-0.3, -0.25) is 4.79 Å². The van der Waals surface area contributed by atoms with E-state index in [0.717, 1.165) is 70.9 Å². The summed E-state index contributed by atoms with van der Waals surface area (Å²) < 4.78 is 0. The Kier molecular flexibility index (Phi) is 5.57. The molecule has 5 fully saturated rings. The second-order valence-corrected chi connectivity index (χ2v) is 11.3. The second-order valence-electron chi connectivity index (χ2n) is 11.3. The average Bonchev–Trinajstić information content (AvgIpc) is 3.40. The summed E-state index contributed by atoms with van der Waals surface area (Å²) in [5.41, 5.74) is 2.22. The van der Waals surface area contributed by atoms with Crippen LogP contribution in [0, 0.1) is 40.4 Å². The number of aliphatic hydroxyl groups is 1. The minimum atomic E-state index is -0.139. The lowest BCUT2D eigenvalue weighted by atomic mass is 9.42. The van der Waals surface area contributed by atoms with E-state index in [1.54, 1.807) is 0 Å². The molecule has 0 radical (unpaired) electrons. The number of oxime groups is 1. The lowest BCUT2D eigenvalue weighted by molar-refractivity contribution is -0.140. The molecule has 2 N–H and O–H groups in total. The van der Waals surface area contributed by atoms with Crippen LogP contribution < -0.4 is 5.32 Å². The molecule has 5 rings (SSSR count). The lowest BCUT2D eigenvalue weighted by Gasteiger charge is -2.62. The summed E-state index contributed by atoms with van der Waals surface area (Å²) >= 11 is 0. The minimum absolute atomic E-state index is 0.110. The van der Waals surface area contributed by atoms with Crippen molar-refractivity contribution < 1.29 is 14.7 Å². The molecular formula is C26H40N2O3. The molecule has 8 atom stereocenters. The van der Waals surface area contributed by atoms with Gasteiger partial charge in [0.25, 0.3) is 0 Å². The van der Waals surface area contributed by atoms with Crippen molar-refractivity contribution in [2.45, 2.75) is 77.7 Å². The van der Waals surface area contributed by atoms with E-state index in [1.165, 1.54) is 11.3 Å². The van der Waals surface area contributed by atoms with Gasteiger partial charge in [0.15, 0.2) is 0 Å². The predicted octanol–water partition coefficient (Wildman–Crippen LogP) is 4.11. The highest BCUT2D eigenvalue weighted by atomic mass is 16.6. The Morgan fingerprint density at radius 3 is 2.77 bits per heavy atom. The Morgan fingerprint density at radius 1 is 1.23 bits per heavy atom. The van der Waals surface area contributed by atoms with Gasteiger partial charge in [0.05, 0.1) is 5.71 Å². The van der Waals surface area contributed by atoms with Gasteiger partial charge in [-0.05, 0) is 75.2 Å². The summed E-state index contributed by atoms with van der Waals surface area (Å²) in [6.07, 6.45) is 8.94. The van der Waals surface area contributed by atoms with E-state index in [4.69, 9.17) is 9.99 Å². The molecule has 5 nitrogen and oxygen atoms in total. The van der Waals surface area contributed by atoms with Gasteiger partial charge in [-0.15, -0.1) is 0 Å². The molecule has 172 valence electrons. The van der Waals surface area contributed by atoms with Crippen molar-refractivity contribution >= 4 is 11.5 Å². The Bertz CT molecular complexity index is 773. The van der Waals surface area contributed by atoms with E-state index in [-0.39, 0.29) is 29.5 Å². The molecule has 0 aromatic carbocycles. The highest BCUT2D eigenvalue weighted by molar-refractivity contribution is 5.88. The normalized spacial score (nSPS) is 48.4. The molecule has 0 aromatic heterocycles. The quantitative estimate of drug-likeness (QED) is 0.522. The van der Waals surface area contributed by atoms with Crippen molar-refractivity contribution in [1.29, 1.82) is 0 Å². The van der Waals surface area contributed by atoms with E-state index in [0.29, 0.717) is 29.5 Å². The highest BCUT2D eigenvalue weighted by Crippen LogP contribution is 2.67. The van der Waals surface area contributed by atoms with Gasteiger partial charge in [0.1, 0.15) is 11.9 Å². The maximum absolute atomic E-state index is 12.7. The van der Waals surface area contributed by atoms with Crippen molar-refractivity contribution in [2.75, 3.05) is 19.7 Å². The summed E-state index contributed by atoms with van der Waals surface area (Å²) in [6, 6.07) is 0. The van der Waals surface area contributed by atoms with Crippen LogP contribution in [0.1, 0.15) is 71.6 Å². The number of aliphatic hydroxyl groups excluding tert-OH is 1. The van der Waals surface area contributed by atoms with Crippen LogP contribution in [0.2, 0.25) is 0 Å². The molecule has 0 amide bonds. The smallest absolute Gasteiger partial charge is 0.141 e. The van der Waals surface area contributed by atoms with E-state index >= 15 is 0 Å². The molecule has 0 spiro atoms. The molecular weight excluding hydrogens is 388 g/mol. The van der Waals surface area contributed by atoms with Gasteiger partial charge in [0.2, 0.25) is 0 Å². The fourth-order valence-corrected chi connectivity index (χ4v) is 8.63. The third-order valence-corrected chi connectivity index (χ3v) is 10.2. The molecule has 0 bridgehead atoms. The first kappa shape index (κ1) is 21.6. The number of fused-ring (bicyclic) bond motifs is 5. The van der Waals surface area contributed by atoms with Crippen molar-refractivity contribution in [3.05, 3.63) is 12.2 Å². The van der Waals surface area contributed by atoms with E-state index in [2.05, 4.69) is 25.7 Å². The molecule has 0 aromatic rings. The van der Waals surface area contributed by atoms with E-state index in [1.807, 2.05) is 0 Å². The van der Waals surface area contributed by atoms with Gasteiger partial charge in [-0.2, -0.15) is 0 Å². The SMILES string of the molecule is C=C1CC2C(CC[C@]3(C)C(=O)CCC23)[C@@]2(CO)CCC(=NOC3CCNC3)[C@H](CC)C12. The molecule has 31 heavy (non-hydrogen) atoms. The number of nitrogens with one attached hydrogen (secondary N) is 1. The Morgan fingerprint density at radius 2 is 2.06 bits per heavy atom. The van der Waals surface area contributed by atoms with Crippen LogP contribution in [0.15, 0.2) is 17.3 Å². The lowest BCUT2D eigenvalue weighted by Crippen LogP contribution is -2.59. The molecule has 5 unspecified atom stereocenters. The van der Waals surface area contributed by atoms with Gasteiger partial charge < -0.3 is 15.3 Å². The Labute approximate surface area is 187 Å². The monoisotopic (exact) mass is 428 g/mol. The zero-order chi connectivity index (χ0) is 21.8. The van der Waals surface area contributed by atoms with Gasteiger partial charge >= 0.3 is 0 Å². The van der Waals surface area contributed by atoms with Crippen molar-refractivity contribution in [2.24, 2.45) is 45.6 Å². The zero-order valence-corrected chi connectivity index (χ0v) is 19.4. The van der Waals surface area contributed by atoms with E-state index in [9.17, 15) is 9.90 Å². The first-order chi connectivity index (χ1) is 14.9. The molecule has 5 aliphatic rings. The van der Waals surface area contributed by atoms with Crippen LogP contribution in [0.5, 0.6) is 0 Å². The number of hydrogen-bond acceptors (Lipinski definition) is 5. The van der Waals surface area contributed by atoms with Crippen LogP contribution in [0.4, 0.5) is 0 Å². The summed E-state index contributed by atoms with van der Waals surface area (Å²) in [5.74, 6) is 2.52. The van der Waals surface area contributed by atoms with Crippen LogP contribution in [-0.4, -0.2) is 42.4 Å². The molecule has 1 heterocycles. The molecule has 1 aliphatic heterocycles. The summed E-state index contributed by atoms with van der Waals surface area (Å²) in [5, 5.41) is 18.9. The second kappa shape index (κ2) is 7.98.